The Morgan fingerprint density at radius 2 is 1.56 bits per heavy atom. The van der Waals surface area contributed by atoms with Crippen LogP contribution in [0.1, 0.15) is 26.3 Å². The maximum absolute atomic E-state index is 13.2. The highest BCUT2D eigenvalue weighted by molar-refractivity contribution is 6.36. The molecule has 2 amide bonds. The van der Waals surface area contributed by atoms with Crippen LogP contribution in [0.2, 0.25) is 10.0 Å². The molecular weight excluding hydrogens is 447 g/mol. The van der Waals surface area contributed by atoms with E-state index in [1.165, 1.54) is 4.90 Å². The Hall–Kier alpha value is -2.76. The maximum Gasteiger partial charge on any atom is 0.261 e. The van der Waals surface area contributed by atoms with Crippen molar-refractivity contribution in [1.29, 1.82) is 0 Å². The van der Waals surface area contributed by atoms with Gasteiger partial charge in [0.25, 0.3) is 5.91 Å². The van der Waals surface area contributed by atoms with Gasteiger partial charge in [0.05, 0.1) is 0 Å². The third kappa shape index (κ3) is 5.72. The summed E-state index contributed by atoms with van der Waals surface area (Å²) in [6.07, 6.45) is 0. The first-order chi connectivity index (χ1) is 15.3. The minimum atomic E-state index is -0.742. The zero-order valence-corrected chi connectivity index (χ0v) is 19.8. The van der Waals surface area contributed by atoms with Gasteiger partial charge in [-0.15, -0.1) is 0 Å². The van der Waals surface area contributed by atoms with Gasteiger partial charge in [-0.1, -0.05) is 65.7 Å². The first-order valence-electron chi connectivity index (χ1n) is 10.4. The first kappa shape index (κ1) is 23.9. The molecule has 0 fully saturated rings. The molecule has 0 aromatic heterocycles. The number of benzene rings is 3. The number of rotatable bonds is 8. The monoisotopic (exact) mass is 472 g/mol. The van der Waals surface area contributed by atoms with Crippen molar-refractivity contribution in [3.8, 4) is 5.75 Å². The molecule has 168 valence electrons. The molecule has 0 spiro atoms. The van der Waals surface area contributed by atoms with Crippen molar-refractivity contribution in [2.45, 2.75) is 39.4 Å². The topological polar surface area (TPSA) is 58.6 Å². The predicted octanol–water partition coefficient (Wildman–Crippen LogP) is 5.47. The third-order valence-corrected chi connectivity index (χ3v) is 5.80. The number of carbonyl (C=O) groups excluding carboxylic acids is 2. The van der Waals surface area contributed by atoms with Crippen molar-refractivity contribution in [2.75, 3.05) is 6.61 Å². The Morgan fingerprint density at radius 1 is 0.938 bits per heavy atom. The lowest BCUT2D eigenvalue weighted by Gasteiger charge is -2.30. The quantitative estimate of drug-likeness (QED) is 0.472. The summed E-state index contributed by atoms with van der Waals surface area (Å²) < 4.78 is 5.88. The molecule has 0 unspecified atom stereocenters. The van der Waals surface area contributed by atoms with Gasteiger partial charge in [-0.3, -0.25) is 9.59 Å². The smallest absolute Gasteiger partial charge is 0.261 e. The van der Waals surface area contributed by atoms with Crippen LogP contribution < -0.4 is 10.1 Å². The Kier molecular flexibility index (Phi) is 7.99. The molecule has 3 rings (SSSR count). The van der Waals surface area contributed by atoms with E-state index in [4.69, 9.17) is 27.9 Å². The van der Waals surface area contributed by atoms with Gasteiger partial charge >= 0.3 is 0 Å². The van der Waals surface area contributed by atoms with Gasteiger partial charge in [-0.05, 0) is 44.4 Å². The molecule has 1 atom stereocenters. The summed E-state index contributed by atoms with van der Waals surface area (Å²) in [7, 11) is 0. The highest BCUT2D eigenvalue weighted by Gasteiger charge is 2.28. The van der Waals surface area contributed by atoms with E-state index in [-0.39, 0.29) is 31.0 Å². The van der Waals surface area contributed by atoms with E-state index < -0.39 is 6.04 Å². The van der Waals surface area contributed by atoms with Crippen molar-refractivity contribution in [2.24, 2.45) is 0 Å². The average molecular weight is 473 g/mol. The molecule has 1 N–H and O–H groups in total. The molecule has 0 aliphatic carbocycles. The first-order valence-corrected chi connectivity index (χ1v) is 11.2. The van der Waals surface area contributed by atoms with Crippen molar-refractivity contribution in [3.05, 3.63) is 76.3 Å². The number of hydrogen-bond acceptors (Lipinski definition) is 3. The van der Waals surface area contributed by atoms with E-state index in [2.05, 4.69) is 5.32 Å². The fraction of sp³-hybridized carbons (Fsp3) is 0.280. The molecule has 0 radical (unpaired) electrons. The Bertz CT molecular complexity index is 1090. The SMILES string of the molecule is CC(C)NC(=O)[C@@H](C)N(Cc1c(Cl)cccc1Cl)C(=O)COc1cccc2ccccc12. The molecule has 0 aliphatic rings. The largest absolute Gasteiger partial charge is 0.483 e. The van der Waals surface area contributed by atoms with Crippen LogP contribution in [0.25, 0.3) is 10.8 Å². The average Bonchev–Trinajstić information content (AvgIpc) is 2.76. The molecule has 0 saturated heterocycles. The molecule has 0 saturated carbocycles. The molecule has 0 bridgehead atoms. The van der Waals surface area contributed by atoms with Crippen LogP contribution in [0.3, 0.4) is 0 Å². The van der Waals surface area contributed by atoms with Crippen LogP contribution in [0.4, 0.5) is 0 Å². The zero-order valence-electron chi connectivity index (χ0n) is 18.3. The lowest BCUT2D eigenvalue weighted by atomic mass is 10.1. The van der Waals surface area contributed by atoms with Crippen LogP contribution in [0.15, 0.2) is 60.7 Å². The van der Waals surface area contributed by atoms with Crippen LogP contribution in [-0.4, -0.2) is 35.4 Å². The van der Waals surface area contributed by atoms with Crippen LogP contribution in [0, 0.1) is 0 Å². The number of carbonyl (C=O) groups is 2. The molecule has 3 aromatic rings. The van der Waals surface area contributed by atoms with Crippen molar-refractivity contribution >= 4 is 45.8 Å². The van der Waals surface area contributed by atoms with Crippen LogP contribution >= 0.6 is 23.2 Å². The zero-order chi connectivity index (χ0) is 23.3. The van der Waals surface area contributed by atoms with E-state index >= 15 is 0 Å². The van der Waals surface area contributed by atoms with Crippen molar-refractivity contribution in [1.82, 2.24) is 10.2 Å². The van der Waals surface area contributed by atoms with E-state index in [1.54, 1.807) is 25.1 Å². The number of ether oxygens (including phenoxy) is 1. The molecule has 0 aliphatic heterocycles. The molecule has 0 heterocycles. The summed E-state index contributed by atoms with van der Waals surface area (Å²) in [5.74, 6) is -0.00604. The molecule has 7 heteroatoms. The van der Waals surface area contributed by atoms with E-state index in [0.29, 0.717) is 21.4 Å². The van der Waals surface area contributed by atoms with Gasteiger partial charge in [0.1, 0.15) is 11.8 Å². The van der Waals surface area contributed by atoms with Crippen molar-refractivity contribution in [3.63, 3.8) is 0 Å². The van der Waals surface area contributed by atoms with Gasteiger partial charge in [-0.2, -0.15) is 0 Å². The predicted molar refractivity (Wildman–Crippen MR) is 129 cm³/mol. The fourth-order valence-electron chi connectivity index (χ4n) is 3.39. The normalized spacial score (nSPS) is 11.9. The lowest BCUT2D eigenvalue weighted by Crippen LogP contribution is -2.50. The summed E-state index contributed by atoms with van der Waals surface area (Å²) in [6, 6.07) is 17.8. The number of nitrogens with zero attached hydrogens (tertiary/aromatic N) is 1. The Labute approximate surface area is 198 Å². The summed E-state index contributed by atoms with van der Waals surface area (Å²) >= 11 is 12.7. The van der Waals surface area contributed by atoms with Gasteiger partial charge in [-0.25, -0.2) is 0 Å². The Balaban J connectivity index is 1.84. The van der Waals surface area contributed by atoms with Gasteiger partial charge in [0, 0.05) is 33.6 Å². The van der Waals surface area contributed by atoms with Crippen molar-refractivity contribution < 1.29 is 14.3 Å². The standard InChI is InChI=1S/C25H26Cl2N2O3/c1-16(2)28-25(31)17(3)29(14-20-21(26)11-7-12-22(20)27)24(30)15-32-23-13-6-9-18-8-4-5-10-19(18)23/h4-13,16-17H,14-15H2,1-3H3,(H,28,31)/t17-/m1/s1. The number of hydrogen-bond donors (Lipinski definition) is 1. The minimum absolute atomic E-state index is 0.0577. The maximum atomic E-state index is 13.2. The fourth-order valence-corrected chi connectivity index (χ4v) is 3.90. The highest BCUT2D eigenvalue weighted by atomic mass is 35.5. The molecular formula is C25H26Cl2N2O3. The van der Waals surface area contributed by atoms with Crippen LogP contribution in [-0.2, 0) is 16.1 Å². The molecule has 32 heavy (non-hydrogen) atoms. The van der Waals surface area contributed by atoms with Gasteiger partial charge < -0.3 is 15.0 Å². The summed E-state index contributed by atoms with van der Waals surface area (Å²) in [6.45, 7) is 5.27. The number of fused-ring (bicyclic) bond motifs is 1. The second kappa shape index (κ2) is 10.7. The highest BCUT2D eigenvalue weighted by Crippen LogP contribution is 2.28. The number of amides is 2. The summed E-state index contributed by atoms with van der Waals surface area (Å²) in [4.78, 5) is 27.4. The second-order valence-corrected chi connectivity index (χ2v) is 8.64. The number of nitrogens with one attached hydrogen (secondary N) is 1. The van der Waals surface area contributed by atoms with E-state index in [9.17, 15) is 9.59 Å². The Morgan fingerprint density at radius 3 is 2.25 bits per heavy atom. The minimum Gasteiger partial charge on any atom is -0.483 e. The van der Waals surface area contributed by atoms with Gasteiger partial charge in [0.2, 0.25) is 5.91 Å². The summed E-state index contributed by atoms with van der Waals surface area (Å²) in [5.41, 5.74) is 0.582. The van der Waals surface area contributed by atoms with E-state index in [0.717, 1.165) is 10.8 Å². The summed E-state index contributed by atoms with van der Waals surface area (Å²) in [5, 5.41) is 5.64. The van der Waals surface area contributed by atoms with E-state index in [1.807, 2.05) is 56.3 Å². The third-order valence-electron chi connectivity index (χ3n) is 5.09. The molecule has 5 nitrogen and oxygen atoms in total. The number of halogens is 2. The van der Waals surface area contributed by atoms with Crippen LogP contribution in [0.5, 0.6) is 5.75 Å². The molecule has 3 aromatic carbocycles. The lowest BCUT2D eigenvalue weighted by molar-refractivity contribution is -0.142. The second-order valence-electron chi connectivity index (χ2n) is 7.83. The van der Waals surface area contributed by atoms with Gasteiger partial charge in [0.15, 0.2) is 6.61 Å².